The van der Waals surface area contributed by atoms with E-state index in [9.17, 15) is 10.1 Å². The number of carbonyl (C=O) groups is 1. The second kappa shape index (κ2) is 11.2. The van der Waals surface area contributed by atoms with Gasteiger partial charge in [-0.3, -0.25) is 4.79 Å². The molecule has 3 aromatic carbocycles. The molecule has 1 amide bonds. The number of anilines is 6. The maximum absolute atomic E-state index is 11.2. The molecular weight excluding hydrogens is 509 g/mol. The summed E-state index contributed by atoms with van der Waals surface area (Å²) in [7, 11) is 0. The number of nitriles is 1. The van der Waals surface area contributed by atoms with Gasteiger partial charge in [-0.25, -0.2) is 9.97 Å². The molecule has 4 rings (SSSR count). The number of rotatable bonds is 7. The van der Waals surface area contributed by atoms with Crippen LogP contribution in [0.4, 0.5) is 34.4 Å². The van der Waals surface area contributed by atoms with Crippen molar-refractivity contribution in [3.8, 4) is 6.07 Å². The zero-order valence-corrected chi connectivity index (χ0v) is 21.5. The predicted molar refractivity (Wildman–Crippen MR) is 149 cm³/mol. The van der Waals surface area contributed by atoms with Crippen LogP contribution in [0.3, 0.4) is 0 Å². The van der Waals surface area contributed by atoms with E-state index >= 15 is 0 Å². The molecule has 5 N–H and O–H groups in total. The highest BCUT2D eigenvalue weighted by molar-refractivity contribution is 6.32. The lowest BCUT2D eigenvalue weighted by Crippen LogP contribution is -2.07. The number of nitrogens with zero attached hydrogens (tertiary/aromatic N) is 3. The number of nitrogen functional groups attached to an aromatic ring is 1. The SMILES string of the molecule is CC(=O)Nc1ccc(Nc2ncnc(Nc3cc(Cl)c(C(C#N)c4ccc(Cl)cc4)cc3C)c2N)cc1. The first kappa shape index (κ1) is 25.8. The summed E-state index contributed by atoms with van der Waals surface area (Å²) in [5.74, 6) is 0.119. The first-order valence-electron chi connectivity index (χ1n) is 11.2. The van der Waals surface area contributed by atoms with Crippen LogP contribution < -0.4 is 21.7 Å². The van der Waals surface area contributed by atoms with Gasteiger partial charge in [0, 0.05) is 34.0 Å². The van der Waals surface area contributed by atoms with Crippen LogP contribution >= 0.6 is 23.2 Å². The van der Waals surface area contributed by atoms with Crippen LogP contribution in [0.15, 0.2) is 67.0 Å². The fraction of sp³-hybridized carbons (Fsp3) is 0.111. The molecule has 8 nitrogen and oxygen atoms in total. The van der Waals surface area contributed by atoms with E-state index in [1.54, 1.807) is 42.5 Å². The Hall–Kier alpha value is -4.32. The molecule has 0 saturated carbocycles. The number of carbonyl (C=O) groups excluding carboxylic acids is 1. The summed E-state index contributed by atoms with van der Waals surface area (Å²) in [6, 6.07) is 20.2. The highest BCUT2D eigenvalue weighted by Gasteiger charge is 2.19. The van der Waals surface area contributed by atoms with Gasteiger partial charge in [-0.2, -0.15) is 5.26 Å². The molecule has 1 aromatic heterocycles. The molecule has 0 aliphatic rings. The lowest BCUT2D eigenvalue weighted by Gasteiger charge is -2.17. The normalized spacial score (nSPS) is 11.3. The van der Waals surface area contributed by atoms with E-state index < -0.39 is 5.92 Å². The second-order valence-corrected chi connectivity index (χ2v) is 9.14. The van der Waals surface area contributed by atoms with Crippen molar-refractivity contribution < 1.29 is 4.79 Å². The number of halogens is 2. The van der Waals surface area contributed by atoms with Crippen LogP contribution in [0, 0.1) is 18.3 Å². The highest BCUT2D eigenvalue weighted by Crippen LogP contribution is 2.36. The van der Waals surface area contributed by atoms with E-state index in [2.05, 4.69) is 32.0 Å². The first-order chi connectivity index (χ1) is 17.7. The molecule has 0 radical (unpaired) electrons. The molecule has 0 fully saturated rings. The summed E-state index contributed by atoms with van der Waals surface area (Å²) < 4.78 is 0. The van der Waals surface area contributed by atoms with Crippen LogP contribution in [0.25, 0.3) is 0 Å². The van der Waals surface area contributed by atoms with Gasteiger partial charge in [0.15, 0.2) is 11.6 Å². The van der Waals surface area contributed by atoms with Crippen LogP contribution in [-0.4, -0.2) is 15.9 Å². The molecule has 0 saturated heterocycles. The van der Waals surface area contributed by atoms with E-state index in [1.807, 2.05) is 25.1 Å². The number of aromatic nitrogens is 2. The van der Waals surface area contributed by atoms with Gasteiger partial charge >= 0.3 is 0 Å². The van der Waals surface area contributed by atoms with Gasteiger partial charge in [0.05, 0.1) is 12.0 Å². The van der Waals surface area contributed by atoms with Crippen molar-refractivity contribution in [1.82, 2.24) is 9.97 Å². The summed E-state index contributed by atoms with van der Waals surface area (Å²) in [5.41, 5.74) is 11.1. The van der Waals surface area contributed by atoms with Gasteiger partial charge in [-0.05, 0) is 66.1 Å². The van der Waals surface area contributed by atoms with Crippen molar-refractivity contribution in [3.05, 3.63) is 93.7 Å². The fourth-order valence-electron chi connectivity index (χ4n) is 3.74. The highest BCUT2D eigenvalue weighted by atomic mass is 35.5. The van der Waals surface area contributed by atoms with Gasteiger partial charge in [-0.1, -0.05) is 41.4 Å². The Bertz CT molecular complexity index is 1480. The van der Waals surface area contributed by atoms with E-state index in [1.165, 1.54) is 13.3 Å². The average Bonchev–Trinajstić information content (AvgIpc) is 2.86. The molecule has 10 heteroatoms. The number of benzene rings is 3. The lowest BCUT2D eigenvalue weighted by molar-refractivity contribution is -0.114. The molecule has 1 unspecified atom stereocenters. The summed E-state index contributed by atoms with van der Waals surface area (Å²) in [5, 5.41) is 20.0. The molecule has 0 aliphatic carbocycles. The average molecular weight is 532 g/mol. The van der Waals surface area contributed by atoms with Crippen molar-refractivity contribution in [2.24, 2.45) is 0 Å². The van der Waals surface area contributed by atoms with E-state index in [0.717, 1.165) is 16.8 Å². The van der Waals surface area contributed by atoms with E-state index in [-0.39, 0.29) is 5.91 Å². The Labute approximate surface area is 224 Å². The third-order valence-electron chi connectivity index (χ3n) is 5.59. The number of hydrogen-bond donors (Lipinski definition) is 4. The third-order valence-corrected chi connectivity index (χ3v) is 6.17. The van der Waals surface area contributed by atoms with Crippen molar-refractivity contribution in [3.63, 3.8) is 0 Å². The Kier molecular flexibility index (Phi) is 7.77. The van der Waals surface area contributed by atoms with Crippen LogP contribution in [0.1, 0.15) is 29.5 Å². The number of hydrogen-bond acceptors (Lipinski definition) is 7. The Morgan fingerprint density at radius 2 is 1.59 bits per heavy atom. The zero-order chi connectivity index (χ0) is 26.5. The van der Waals surface area contributed by atoms with Crippen molar-refractivity contribution in [2.75, 3.05) is 21.7 Å². The molecule has 4 aromatic rings. The van der Waals surface area contributed by atoms with Crippen molar-refractivity contribution in [2.45, 2.75) is 19.8 Å². The Morgan fingerprint density at radius 1 is 0.973 bits per heavy atom. The predicted octanol–water partition coefficient (Wildman–Crippen LogP) is 6.78. The molecule has 0 aliphatic heterocycles. The van der Waals surface area contributed by atoms with Gasteiger partial charge in [0.2, 0.25) is 5.91 Å². The number of nitrogens with two attached hydrogens (primary N) is 1. The molecule has 186 valence electrons. The van der Waals surface area contributed by atoms with E-state index in [0.29, 0.717) is 44.3 Å². The maximum atomic E-state index is 11.2. The minimum absolute atomic E-state index is 0.145. The monoisotopic (exact) mass is 531 g/mol. The topological polar surface area (TPSA) is 129 Å². The van der Waals surface area contributed by atoms with Gasteiger partial charge in [0.25, 0.3) is 0 Å². The van der Waals surface area contributed by atoms with Crippen LogP contribution in [0.5, 0.6) is 0 Å². The molecular formula is C27H23Cl2N7O. The molecule has 37 heavy (non-hydrogen) atoms. The Morgan fingerprint density at radius 3 is 2.22 bits per heavy atom. The summed E-state index contributed by atoms with van der Waals surface area (Å²) in [6.45, 7) is 3.36. The Balaban J connectivity index is 1.56. The molecule has 1 atom stereocenters. The number of amides is 1. The van der Waals surface area contributed by atoms with Crippen molar-refractivity contribution in [1.29, 1.82) is 5.26 Å². The molecule has 0 spiro atoms. The summed E-state index contributed by atoms with van der Waals surface area (Å²) >= 11 is 12.6. The minimum Gasteiger partial charge on any atom is -0.393 e. The maximum Gasteiger partial charge on any atom is 0.221 e. The summed E-state index contributed by atoms with van der Waals surface area (Å²) in [4.78, 5) is 19.7. The first-order valence-corrected chi connectivity index (χ1v) is 12.0. The smallest absolute Gasteiger partial charge is 0.221 e. The van der Waals surface area contributed by atoms with Gasteiger partial charge in [-0.15, -0.1) is 0 Å². The van der Waals surface area contributed by atoms with Crippen LogP contribution in [-0.2, 0) is 4.79 Å². The second-order valence-electron chi connectivity index (χ2n) is 8.30. The van der Waals surface area contributed by atoms with E-state index in [4.69, 9.17) is 28.9 Å². The third kappa shape index (κ3) is 6.09. The van der Waals surface area contributed by atoms with Gasteiger partial charge in [0.1, 0.15) is 12.0 Å². The van der Waals surface area contributed by atoms with Gasteiger partial charge < -0.3 is 21.7 Å². The standard InChI is InChI=1S/C27H23Cl2N7O/c1-15-11-21(22(13-30)17-3-5-18(28)6-4-17)23(29)12-24(15)36-27-25(31)26(32-14-33-27)35-20-9-7-19(8-10-20)34-16(2)37/h3-12,14,22H,31H2,1-2H3,(H,34,37)(H2,32,33,35,36). The number of nitrogens with one attached hydrogen (secondary N) is 3. The van der Waals surface area contributed by atoms with Crippen LogP contribution in [0.2, 0.25) is 10.0 Å². The quantitative estimate of drug-likeness (QED) is 0.207. The zero-order valence-electron chi connectivity index (χ0n) is 20.0. The largest absolute Gasteiger partial charge is 0.393 e. The fourth-order valence-corrected chi connectivity index (χ4v) is 4.14. The van der Waals surface area contributed by atoms with Crippen molar-refractivity contribution >= 4 is 63.5 Å². The number of aryl methyl sites for hydroxylation is 1. The molecule has 0 bridgehead atoms. The summed E-state index contributed by atoms with van der Waals surface area (Å²) in [6.07, 6.45) is 1.39. The molecule has 1 heterocycles. The lowest BCUT2D eigenvalue weighted by atomic mass is 9.91. The minimum atomic E-state index is -0.547.